The van der Waals surface area contributed by atoms with E-state index < -0.39 is 5.97 Å². The van der Waals surface area contributed by atoms with Crippen LogP contribution in [0.3, 0.4) is 0 Å². The molecule has 0 aliphatic heterocycles. The normalized spacial score (nSPS) is 9.50. The second-order valence-electron chi connectivity index (χ2n) is 2.67. The van der Waals surface area contributed by atoms with E-state index >= 15 is 0 Å². The van der Waals surface area contributed by atoms with Crippen molar-refractivity contribution in [1.82, 2.24) is 0 Å². The van der Waals surface area contributed by atoms with Crippen LogP contribution < -0.4 is 10.1 Å². The highest BCUT2D eigenvalue weighted by atomic mass is 16.5. The second kappa shape index (κ2) is 5.11. The number of rotatable bonds is 5. The molecule has 2 N–H and O–H groups in total. The Morgan fingerprint density at radius 2 is 2.14 bits per heavy atom. The van der Waals surface area contributed by atoms with E-state index in [1.807, 2.05) is 12.1 Å². The lowest BCUT2D eigenvalue weighted by atomic mass is 10.3. The average molecular weight is 194 g/mol. The molecule has 4 heteroatoms. The highest BCUT2D eigenvalue weighted by Crippen LogP contribution is 2.15. The zero-order chi connectivity index (χ0) is 10.4. The van der Waals surface area contributed by atoms with Gasteiger partial charge in [0.2, 0.25) is 0 Å². The van der Waals surface area contributed by atoms with Crippen LogP contribution in [0.25, 0.3) is 0 Å². The Hall–Kier alpha value is -1.71. The molecule has 0 atom stereocenters. The van der Waals surface area contributed by atoms with E-state index in [0.29, 0.717) is 0 Å². The molecule has 1 aromatic rings. The monoisotopic (exact) mass is 194 g/mol. The van der Waals surface area contributed by atoms with Crippen molar-refractivity contribution in [2.24, 2.45) is 0 Å². The summed E-state index contributed by atoms with van der Waals surface area (Å²) in [5, 5.41) is 11.2. The van der Waals surface area contributed by atoms with Gasteiger partial charge in [-0.25, -0.2) is 0 Å². The van der Waals surface area contributed by atoms with E-state index in [-0.39, 0.29) is 6.42 Å². The molecule has 14 heavy (non-hydrogen) atoms. The third-order valence-electron chi connectivity index (χ3n) is 1.64. The van der Waals surface area contributed by atoms with E-state index in [4.69, 9.17) is 9.84 Å². The number of aliphatic carboxylic acids is 1. The zero-order valence-electron chi connectivity index (χ0n) is 7.86. The van der Waals surface area contributed by atoms with Crippen LogP contribution in [-0.2, 0) is 4.79 Å². The lowest BCUT2D eigenvalue weighted by molar-refractivity contribution is -0.136. The first-order valence-corrected chi connectivity index (χ1v) is 4.16. The predicted octanol–water partition coefficient (Wildman–Crippen LogP) is 1.74. The van der Waals surface area contributed by atoms with E-state index in [1.165, 1.54) is 6.54 Å². The van der Waals surface area contributed by atoms with Gasteiger partial charge in [0.15, 0.2) is 0 Å². The van der Waals surface area contributed by atoms with Gasteiger partial charge < -0.3 is 15.2 Å². The van der Waals surface area contributed by atoms with Crippen molar-refractivity contribution < 1.29 is 14.6 Å². The molecule has 4 nitrogen and oxygen atoms in total. The lowest BCUT2D eigenvalue weighted by Gasteiger charge is -2.04. The fraction of sp³-hybridized carbons (Fsp3) is 0.200. The predicted molar refractivity (Wildman–Crippen MR) is 53.2 cm³/mol. The number of benzene rings is 1. The summed E-state index contributed by atoms with van der Waals surface area (Å²) in [5.41, 5.74) is 0.840. The third-order valence-corrected chi connectivity index (χ3v) is 1.64. The Labute approximate surface area is 82.5 Å². The van der Waals surface area contributed by atoms with Crippen LogP contribution in [0.4, 0.5) is 5.69 Å². The van der Waals surface area contributed by atoms with E-state index in [2.05, 4.69) is 5.32 Å². The third kappa shape index (κ3) is 3.35. The van der Waals surface area contributed by atoms with Crippen molar-refractivity contribution in [3.05, 3.63) is 30.8 Å². The lowest BCUT2D eigenvalue weighted by Crippen LogP contribution is -2.01. The van der Waals surface area contributed by atoms with E-state index in [9.17, 15) is 4.79 Å². The van der Waals surface area contributed by atoms with Crippen molar-refractivity contribution in [3.63, 3.8) is 0 Å². The minimum atomic E-state index is -0.856. The molecule has 0 fully saturated rings. The molecule has 0 aliphatic rings. The highest BCUT2D eigenvalue weighted by molar-refractivity contribution is 5.68. The van der Waals surface area contributed by atoms with Crippen LogP contribution in [0.15, 0.2) is 24.3 Å². The number of hydrogen-bond acceptors (Lipinski definition) is 3. The number of ether oxygens (including phenoxy) is 1. The SMILES string of the molecule is COc1ccc(N[CH]CC(=O)O)cc1. The van der Waals surface area contributed by atoms with Crippen molar-refractivity contribution >= 4 is 11.7 Å². The van der Waals surface area contributed by atoms with Crippen LogP contribution in [0, 0.1) is 6.54 Å². The van der Waals surface area contributed by atoms with Crippen LogP contribution >= 0.6 is 0 Å². The number of carbonyl (C=O) groups is 1. The standard InChI is InChI=1S/C10H12NO3/c1-14-9-4-2-8(3-5-9)11-7-6-10(12)13/h2-5,7,11H,6H2,1H3,(H,12,13). The zero-order valence-corrected chi connectivity index (χ0v) is 7.86. The fourth-order valence-electron chi connectivity index (χ4n) is 0.943. The minimum absolute atomic E-state index is 0.00791. The number of anilines is 1. The Morgan fingerprint density at radius 1 is 1.50 bits per heavy atom. The molecule has 0 unspecified atom stereocenters. The molecule has 0 saturated heterocycles. The summed E-state index contributed by atoms with van der Waals surface area (Å²) < 4.78 is 4.98. The summed E-state index contributed by atoms with van der Waals surface area (Å²) in [6.45, 7) is 1.49. The van der Waals surface area contributed by atoms with Gasteiger partial charge in [0.25, 0.3) is 0 Å². The van der Waals surface area contributed by atoms with Crippen LogP contribution in [0.2, 0.25) is 0 Å². The van der Waals surface area contributed by atoms with Gasteiger partial charge in [-0.05, 0) is 24.3 Å². The Morgan fingerprint density at radius 3 is 2.64 bits per heavy atom. The molecule has 1 rings (SSSR count). The van der Waals surface area contributed by atoms with Gasteiger partial charge in [0.1, 0.15) is 5.75 Å². The molecule has 0 heterocycles. The number of methoxy groups -OCH3 is 1. The molecule has 0 spiro atoms. The Kier molecular flexibility index (Phi) is 3.79. The van der Waals surface area contributed by atoms with Crippen LogP contribution in [0.1, 0.15) is 6.42 Å². The number of nitrogens with one attached hydrogen (secondary N) is 1. The first-order chi connectivity index (χ1) is 6.72. The van der Waals surface area contributed by atoms with Crippen molar-refractivity contribution in [3.8, 4) is 5.75 Å². The first-order valence-electron chi connectivity index (χ1n) is 4.16. The summed E-state index contributed by atoms with van der Waals surface area (Å²) in [6, 6.07) is 7.24. The summed E-state index contributed by atoms with van der Waals surface area (Å²) in [5.74, 6) is -0.0835. The summed E-state index contributed by atoms with van der Waals surface area (Å²) in [6.07, 6.45) is -0.00791. The molecule has 0 bridgehead atoms. The van der Waals surface area contributed by atoms with Gasteiger partial charge in [-0.15, -0.1) is 0 Å². The van der Waals surface area contributed by atoms with Gasteiger partial charge in [-0.1, -0.05) is 0 Å². The summed E-state index contributed by atoms with van der Waals surface area (Å²) in [4.78, 5) is 10.2. The second-order valence-corrected chi connectivity index (χ2v) is 2.67. The molecular formula is C10H12NO3. The first kappa shape index (κ1) is 10.4. The molecule has 0 amide bonds. The van der Waals surface area contributed by atoms with Crippen molar-refractivity contribution in [2.75, 3.05) is 12.4 Å². The largest absolute Gasteiger partial charge is 0.497 e. The number of carboxylic acid groups (broad SMARTS) is 1. The van der Waals surface area contributed by atoms with Crippen molar-refractivity contribution in [1.29, 1.82) is 0 Å². The van der Waals surface area contributed by atoms with E-state index in [0.717, 1.165) is 11.4 Å². The molecule has 0 aromatic heterocycles. The minimum Gasteiger partial charge on any atom is -0.497 e. The van der Waals surface area contributed by atoms with Gasteiger partial charge in [-0.2, -0.15) is 0 Å². The molecule has 1 aromatic carbocycles. The number of carboxylic acids is 1. The molecular weight excluding hydrogens is 182 g/mol. The molecule has 0 aliphatic carbocycles. The number of hydrogen-bond donors (Lipinski definition) is 2. The smallest absolute Gasteiger partial charge is 0.305 e. The van der Waals surface area contributed by atoms with Gasteiger partial charge in [0.05, 0.1) is 20.1 Å². The maximum atomic E-state index is 10.2. The Bertz CT molecular complexity index is 295. The maximum Gasteiger partial charge on any atom is 0.305 e. The van der Waals surface area contributed by atoms with Gasteiger partial charge >= 0.3 is 5.97 Å². The quantitative estimate of drug-likeness (QED) is 0.749. The summed E-state index contributed by atoms with van der Waals surface area (Å²) >= 11 is 0. The van der Waals surface area contributed by atoms with Gasteiger partial charge in [0, 0.05) is 5.69 Å². The Balaban J connectivity index is 2.40. The average Bonchev–Trinajstić information content (AvgIpc) is 2.18. The molecule has 75 valence electrons. The van der Waals surface area contributed by atoms with Crippen molar-refractivity contribution in [2.45, 2.75) is 6.42 Å². The van der Waals surface area contributed by atoms with Crippen LogP contribution in [-0.4, -0.2) is 18.2 Å². The van der Waals surface area contributed by atoms with E-state index in [1.54, 1.807) is 19.2 Å². The highest BCUT2D eigenvalue weighted by Gasteiger charge is 1.97. The maximum absolute atomic E-state index is 10.2. The van der Waals surface area contributed by atoms with Gasteiger partial charge in [-0.3, -0.25) is 4.79 Å². The van der Waals surface area contributed by atoms with Crippen LogP contribution in [0.5, 0.6) is 5.75 Å². The fourth-order valence-corrected chi connectivity index (χ4v) is 0.943. The molecule has 1 radical (unpaired) electrons. The summed E-state index contributed by atoms with van der Waals surface area (Å²) in [7, 11) is 1.60. The topological polar surface area (TPSA) is 58.6 Å². The molecule has 0 saturated carbocycles.